The van der Waals surface area contributed by atoms with Crippen molar-refractivity contribution in [2.45, 2.75) is 118 Å². The molecule has 2 N–H and O–H groups in total. The van der Waals surface area contributed by atoms with Gasteiger partial charge >= 0.3 is 0 Å². The normalized spacial score (nSPS) is 13.7. The molecule has 4 nitrogen and oxygen atoms in total. The van der Waals surface area contributed by atoms with E-state index in [-0.39, 0.29) is 16.0 Å². The van der Waals surface area contributed by atoms with Gasteiger partial charge in [-0.15, -0.1) is 0 Å². The Labute approximate surface area is 229 Å². The predicted octanol–water partition coefficient (Wildman–Crippen LogP) is 8.35. The molecule has 208 valence electrons. The Bertz CT molecular complexity index is 1040. The number of hydrogen-bond donors (Lipinski definition) is 2. The van der Waals surface area contributed by atoms with Gasteiger partial charge in [0.05, 0.1) is 0 Å². The van der Waals surface area contributed by atoms with Crippen molar-refractivity contribution in [1.82, 2.24) is 0 Å². The second-order valence-corrected chi connectivity index (χ2v) is 26.9. The van der Waals surface area contributed by atoms with Crippen molar-refractivity contribution < 1.29 is 19.1 Å². The Hall–Kier alpha value is -1.50. The lowest BCUT2D eigenvalue weighted by atomic mass is 9.86. The molecular formula is C30H51O4PSi2. The minimum Gasteiger partial charge on any atom is -0.544 e. The highest BCUT2D eigenvalue weighted by Crippen LogP contribution is 2.54. The Kier molecular flexibility index (Phi) is 8.78. The van der Waals surface area contributed by atoms with Crippen LogP contribution in [0.15, 0.2) is 24.3 Å². The van der Waals surface area contributed by atoms with E-state index in [9.17, 15) is 10.2 Å². The lowest BCUT2D eigenvalue weighted by molar-refractivity contribution is 0.446. The van der Waals surface area contributed by atoms with Gasteiger partial charge in [-0.05, 0) is 87.5 Å². The van der Waals surface area contributed by atoms with Crippen LogP contribution in [0.5, 0.6) is 23.0 Å². The van der Waals surface area contributed by atoms with E-state index in [0.29, 0.717) is 11.5 Å². The van der Waals surface area contributed by atoms with Crippen LogP contribution in [0.3, 0.4) is 0 Å². The molecule has 0 amide bonds. The topological polar surface area (TPSA) is 58.9 Å². The van der Waals surface area contributed by atoms with Crippen LogP contribution in [0.25, 0.3) is 0 Å². The zero-order valence-corrected chi connectivity index (χ0v) is 28.9. The first-order valence-electron chi connectivity index (χ1n) is 13.2. The smallest absolute Gasteiger partial charge is 0.242 e. The Balaban J connectivity index is 3.02. The van der Waals surface area contributed by atoms with Crippen molar-refractivity contribution >= 4 is 35.2 Å². The predicted molar refractivity (Wildman–Crippen MR) is 168 cm³/mol. The summed E-state index contributed by atoms with van der Waals surface area (Å²) in [5, 5.41) is 25.0. The summed E-state index contributed by atoms with van der Waals surface area (Å²) in [7, 11) is -5.01. The lowest BCUT2D eigenvalue weighted by Crippen LogP contribution is -2.33. The minimum absolute atomic E-state index is 0.260. The molecule has 2 aromatic rings. The summed E-state index contributed by atoms with van der Waals surface area (Å²) < 4.78 is 13.0. The van der Waals surface area contributed by atoms with Gasteiger partial charge in [0.2, 0.25) is 16.6 Å². The first kappa shape index (κ1) is 31.7. The fourth-order valence-corrected chi connectivity index (χ4v) is 8.88. The third-order valence-electron chi connectivity index (χ3n) is 5.74. The summed E-state index contributed by atoms with van der Waals surface area (Å²) >= 11 is 0. The fraction of sp³-hybridized carbons (Fsp3) is 0.600. The molecule has 37 heavy (non-hydrogen) atoms. The molecule has 0 radical (unpaired) electrons. The Morgan fingerprint density at radius 3 is 1.08 bits per heavy atom. The van der Waals surface area contributed by atoms with Crippen LogP contribution in [-0.4, -0.2) is 32.0 Å². The third-order valence-corrected chi connectivity index (χ3v) is 10.4. The van der Waals surface area contributed by atoms with Crippen LogP contribution in [0.4, 0.5) is 0 Å². The van der Waals surface area contributed by atoms with E-state index in [2.05, 4.69) is 102 Å². The van der Waals surface area contributed by atoms with Crippen molar-refractivity contribution in [3.8, 4) is 23.0 Å². The molecule has 0 bridgehead atoms. The average molecular weight is 563 g/mol. The van der Waals surface area contributed by atoms with Gasteiger partial charge in [0.25, 0.3) is 0 Å². The fourth-order valence-electron chi connectivity index (χ4n) is 4.35. The van der Waals surface area contributed by atoms with Crippen LogP contribution in [0.1, 0.15) is 73.4 Å². The van der Waals surface area contributed by atoms with Crippen molar-refractivity contribution in [1.29, 1.82) is 0 Å². The van der Waals surface area contributed by atoms with E-state index in [1.807, 2.05) is 24.3 Å². The van der Waals surface area contributed by atoms with E-state index in [0.717, 1.165) is 33.2 Å². The maximum absolute atomic E-state index is 11.8. The molecule has 0 spiro atoms. The molecule has 0 saturated carbocycles. The molecule has 0 unspecified atom stereocenters. The average Bonchev–Trinajstić information content (AvgIpc) is 2.61. The van der Waals surface area contributed by atoms with Gasteiger partial charge < -0.3 is 19.1 Å². The van der Waals surface area contributed by atoms with E-state index in [1.54, 1.807) is 0 Å². The van der Waals surface area contributed by atoms with Crippen LogP contribution in [0, 0.1) is 0 Å². The quantitative estimate of drug-likeness (QED) is 0.274. The van der Waals surface area contributed by atoms with Gasteiger partial charge in [0.15, 0.2) is 0 Å². The molecule has 2 aromatic carbocycles. The lowest BCUT2D eigenvalue weighted by Gasteiger charge is -2.37. The SMILES string of the molecule is CC(C)(C)c1cc(O[Si](C)(C)C)cc(P(c2cc(O[Si](C)(C)C)cc(C(C)(C)C)c2O)C(C)(C)C)c1O. The van der Waals surface area contributed by atoms with E-state index >= 15 is 0 Å². The van der Waals surface area contributed by atoms with Gasteiger partial charge in [0.1, 0.15) is 23.0 Å². The van der Waals surface area contributed by atoms with Crippen molar-refractivity contribution in [2.75, 3.05) is 0 Å². The van der Waals surface area contributed by atoms with E-state index in [1.165, 1.54) is 0 Å². The molecule has 0 fully saturated rings. The van der Waals surface area contributed by atoms with Crippen LogP contribution in [-0.2, 0) is 10.8 Å². The highest BCUT2D eigenvalue weighted by Gasteiger charge is 2.37. The third kappa shape index (κ3) is 8.24. The summed E-state index contributed by atoms with van der Waals surface area (Å²) in [4.78, 5) is 0. The second-order valence-electron chi connectivity index (χ2n) is 15.1. The molecule has 0 heterocycles. The molecule has 0 saturated heterocycles. The molecule has 7 heteroatoms. The van der Waals surface area contributed by atoms with Gasteiger partial charge in [0, 0.05) is 21.7 Å². The summed E-state index contributed by atoms with van der Waals surface area (Å²) in [6, 6.07) is 8.03. The number of hydrogen-bond acceptors (Lipinski definition) is 4. The maximum Gasteiger partial charge on any atom is 0.242 e. The summed E-state index contributed by atoms with van der Waals surface area (Å²) in [5.74, 6) is 2.17. The monoisotopic (exact) mass is 562 g/mol. The molecule has 0 aliphatic rings. The maximum atomic E-state index is 11.8. The molecular weight excluding hydrogens is 511 g/mol. The van der Waals surface area contributed by atoms with Gasteiger partial charge in [-0.3, -0.25) is 0 Å². The van der Waals surface area contributed by atoms with Crippen molar-refractivity contribution in [3.63, 3.8) is 0 Å². The van der Waals surface area contributed by atoms with Crippen molar-refractivity contribution in [3.05, 3.63) is 35.4 Å². The Morgan fingerprint density at radius 2 is 0.865 bits per heavy atom. The highest BCUT2D eigenvalue weighted by atomic mass is 31.1. The molecule has 0 aromatic heterocycles. The standard InChI is InChI=1S/C30H51O4PSi2/c1-28(2,3)22-16-20(33-36(10,11)12)18-24(26(22)31)35(30(7,8)9)25-19-21(34-37(13,14)15)17-23(27(25)32)29(4,5)6/h16-19,31-32H,1-15H3. The van der Waals surface area contributed by atoms with Gasteiger partial charge in [-0.25, -0.2) is 0 Å². The zero-order valence-electron chi connectivity index (χ0n) is 26.0. The number of aromatic hydroxyl groups is 2. The highest BCUT2D eigenvalue weighted by molar-refractivity contribution is 7.74. The van der Waals surface area contributed by atoms with Gasteiger partial charge in [-0.2, -0.15) is 0 Å². The number of phenols is 2. The van der Waals surface area contributed by atoms with Crippen LogP contribution in [0.2, 0.25) is 39.3 Å². The zero-order chi connectivity index (χ0) is 28.9. The minimum atomic E-state index is -1.90. The van der Waals surface area contributed by atoms with Crippen LogP contribution >= 0.6 is 7.92 Å². The number of rotatable bonds is 6. The summed E-state index contributed by atoms with van der Waals surface area (Å²) in [6.45, 7) is 32.2. The van der Waals surface area contributed by atoms with E-state index < -0.39 is 24.6 Å². The first-order chi connectivity index (χ1) is 16.3. The number of benzene rings is 2. The van der Waals surface area contributed by atoms with Crippen LogP contribution < -0.4 is 19.5 Å². The number of phenolic OH excluding ortho intramolecular Hbond substituents is 2. The second kappa shape index (κ2) is 10.2. The largest absolute Gasteiger partial charge is 0.544 e. The molecule has 0 aliphatic carbocycles. The van der Waals surface area contributed by atoms with Crippen molar-refractivity contribution in [2.24, 2.45) is 0 Å². The molecule has 0 aliphatic heterocycles. The van der Waals surface area contributed by atoms with E-state index in [4.69, 9.17) is 8.85 Å². The van der Waals surface area contributed by atoms with Gasteiger partial charge in [-0.1, -0.05) is 62.3 Å². The Morgan fingerprint density at radius 1 is 0.568 bits per heavy atom. The molecule has 0 atom stereocenters. The molecule has 2 rings (SSSR count). The first-order valence-corrected chi connectivity index (χ1v) is 21.4. The summed E-state index contributed by atoms with van der Waals surface area (Å²) in [5.41, 5.74) is 1.16. The summed E-state index contributed by atoms with van der Waals surface area (Å²) in [6.07, 6.45) is 0.